The molecule has 0 fully saturated rings. The van der Waals surface area contributed by atoms with Crippen molar-refractivity contribution in [2.24, 2.45) is 0 Å². The lowest BCUT2D eigenvalue weighted by atomic mass is 10.3. The van der Waals surface area contributed by atoms with Crippen LogP contribution in [0.2, 0.25) is 0 Å². The second-order valence-electron chi connectivity index (χ2n) is 4.26. The summed E-state index contributed by atoms with van der Waals surface area (Å²) in [6, 6.07) is 8.81. The number of nitrogens with one attached hydrogen (secondary N) is 1. The molecule has 0 amide bonds. The molecular weight excluding hydrogens is 262 g/mol. The molecule has 0 bridgehead atoms. The molecule has 0 aliphatic heterocycles. The Balaban J connectivity index is 1.99. The van der Waals surface area contributed by atoms with E-state index in [0.717, 1.165) is 24.4 Å². The molecule has 0 saturated heterocycles. The Morgan fingerprint density at radius 3 is 2.70 bits per heavy atom. The van der Waals surface area contributed by atoms with Crippen LogP contribution < -0.4 is 10.1 Å². The monoisotopic (exact) mass is 278 g/mol. The fraction of sp³-hybridized carbons (Fsp3) is 0.267. The first-order chi connectivity index (χ1) is 9.69. The van der Waals surface area contributed by atoms with Gasteiger partial charge < -0.3 is 10.1 Å². The van der Waals surface area contributed by atoms with Crippen molar-refractivity contribution in [1.82, 2.24) is 10.3 Å². The van der Waals surface area contributed by atoms with Gasteiger partial charge in [-0.15, -0.1) is 0 Å². The molecule has 5 heteroatoms. The fourth-order valence-electron chi connectivity index (χ4n) is 1.71. The predicted molar refractivity (Wildman–Crippen MR) is 72.3 cm³/mol. The Kier molecular flexibility index (Phi) is 5.01. The van der Waals surface area contributed by atoms with Gasteiger partial charge in [-0.25, -0.2) is 8.78 Å². The van der Waals surface area contributed by atoms with Gasteiger partial charge in [0.05, 0.1) is 11.4 Å². The molecule has 3 nitrogen and oxygen atoms in total. The summed E-state index contributed by atoms with van der Waals surface area (Å²) in [5, 5.41) is 3.18. The average Bonchev–Trinajstić information content (AvgIpc) is 2.45. The minimum atomic E-state index is -0.714. The minimum absolute atomic E-state index is 0.0188. The number of hydrogen-bond acceptors (Lipinski definition) is 3. The highest BCUT2D eigenvalue weighted by Gasteiger charge is 2.06. The van der Waals surface area contributed by atoms with Crippen LogP contribution in [0.15, 0.2) is 36.4 Å². The van der Waals surface area contributed by atoms with E-state index in [2.05, 4.69) is 10.3 Å². The summed E-state index contributed by atoms with van der Waals surface area (Å²) < 4.78 is 31.5. The van der Waals surface area contributed by atoms with E-state index in [-0.39, 0.29) is 12.4 Å². The number of nitrogens with zero attached hydrogens (tertiary/aromatic N) is 1. The smallest absolute Gasteiger partial charge is 0.167 e. The normalized spacial score (nSPS) is 10.6. The number of benzene rings is 1. The highest BCUT2D eigenvalue weighted by atomic mass is 19.1. The molecular formula is C15H16F2N2O. The van der Waals surface area contributed by atoms with Gasteiger partial charge in [0, 0.05) is 12.6 Å². The van der Waals surface area contributed by atoms with Gasteiger partial charge >= 0.3 is 0 Å². The third-order valence-corrected chi connectivity index (χ3v) is 2.69. The van der Waals surface area contributed by atoms with Crippen LogP contribution in [0.3, 0.4) is 0 Å². The van der Waals surface area contributed by atoms with Crippen molar-refractivity contribution in [2.75, 3.05) is 6.54 Å². The predicted octanol–water partition coefficient (Wildman–Crippen LogP) is 3.05. The molecule has 20 heavy (non-hydrogen) atoms. The zero-order valence-corrected chi connectivity index (χ0v) is 11.2. The first-order valence-corrected chi connectivity index (χ1v) is 6.42. The Morgan fingerprint density at radius 2 is 1.95 bits per heavy atom. The highest BCUT2D eigenvalue weighted by Crippen LogP contribution is 2.18. The van der Waals surface area contributed by atoms with Gasteiger partial charge in [-0.3, -0.25) is 4.98 Å². The van der Waals surface area contributed by atoms with Crippen molar-refractivity contribution in [3.63, 3.8) is 0 Å². The molecule has 1 N–H and O–H groups in total. The van der Waals surface area contributed by atoms with Crippen molar-refractivity contribution in [1.29, 1.82) is 0 Å². The standard InChI is InChI=1S/C15H16F2N2O/c1-2-18-9-12-4-3-5-13(19-12)10-20-15-7-6-11(16)8-14(15)17/h3-8,18H,2,9-10H2,1H3. The summed E-state index contributed by atoms with van der Waals surface area (Å²) in [5.74, 6) is -1.32. The number of pyridine rings is 1. The van der Waals surface area contributed by atoms with Crippen LogP contribution in [0.1, 0.15) is 18.3 Å². The maximum Gasteiger partial charge on any atom is 0.167 e. The first kappa shape index (κ1) is 14.4. The Labute approximate surface area is 116 Å². The Hall–Kier alpha value is -2.01. The van der Waals surface area contributed by atoms with Crippen molar-refractivity contribution in [3.05, 3.63) is 59.4 Å². The summed E-state index contributed by atoms with van der Waals surface area (Å²) in [7, 11) is 0. The molecule has 0 spiro atoms. The van der Waals surface area contributed by atoms with E-state index >= 15 is 0 Å². The number of hydrogen-bond donors (Lipinski definition) is 1. The summed E-state index contributed by atoms with van der Waals surface area (Å²) in [6.07, 6.45) is 0. The van der Waals surface area contributed by atoms with E-state index in [9.17, 15) is 8.78 Å². The van der Waals surface area contributed by atoms with Crippen LogP contribution in [-0.2, 0) is 13.2 Å². The Morgan fingerprint density at radius 1 is 1.15 bits per heavy atom. The van der Waals surface area contributed by atoms with Gasteiger partial charge in [-0.1, -0.05) is 13.0 Å². The summed E-state index contributed by atoms with van der Waals surface area (Å²) >= 11 is 0. The number of rotatable bonds is 6. The van der Waals surface area contributed by atoms with Gasteiger partial charge in [0.15, 0.2) is 11.6 Å². The summed E-state index contributed by atoms with van der Waals surface area (Å²) in [6.45, 7) is 3.70. The van der Waals surface area contributed by atoms with Gasteiger partial charge in [-0.2, -0.15) is 0 Å². The zero-order valence-electron chi connectivity index (χ0n) is 11.2. The quantitative estimate of drug-likeness (QED) is 0.882. The molecule has 1 heterocycles. The lowest BCUT2D eigenvalue weighted by Gasteiger charge is -2.08. The lowest BCUT2D eigenvalue weighted by molar-refractivity contribution is 0.284. The molecule has 1 aromatic heterocycles. The molecule has 0 radical (unpaired) electrons. The number of aromatic nitrogens is 1. The number of ether oxygens (including phenoxy) is 1. The van der Waals surface area contributed by atoms with Gasteiger partial charge in [0.1, 0.15) is 12.4 Å². The van der Waals surface area contributed by atoms with E-state index in [0.29, 0.717) is 12.2 Å². The van der Waals surface area contributed by atoms with E-state index in [1.807, 2.05) is 19.1 Å². The molecule has 0 saturated carbocycles. The largest absolute Gasteiger partial charge is 0.484 e. The van der Waals surface area contributed by atoms with E-state index in [4.69, 9.17) is 4.74 Å². The molecule has 2 aromatic rings. The summed E-state index contributed by atoms with van der Waals surface area (Å²) in [5.41, 5.74) is 1.59. The van der Waals surface area contributed by atoms with E-state index in [1.54, 1.807) is 6.07 Å². The van der Waals surface area contributed by atoms with Crippen LogP contribution >= 0.6 is 0 Å². The van der Waals surface area contributed by atoms with Crippen LogP contribution in [0.4, 0.5) is 8.78 Å². The maximum absolute atomic E-state index is 13.4. The highest BCUT2D eigenvalue weighted by molar-refractivity contribution is 5.25. The minimum Gasteiger partial charge on any atom is -0.484 e. The molecule has 1 aromatic carbocycles. The lowest BCUT2D eigenvalue weighted by Crippen LogP contribution is -2.13. The second-order valence-corrected chi connectivity index (χ2v) is 4.26. The van der Waals surface area contributed by atoms with Gasteiger partial charge in [-0.05, 0) is 30.8 Å². The van der Waals surface area contributed by atoms with Crippen LogP contribution in [0.5, 0.6) is 5.75 Å². The zero-order chi connectivity index (χ0) is 14.4. The van der Waals surface area contributed by atoms with Gasteiger partial charge in [0.25, 0.3) is 0 Å². The molecule has 0 aliphatic carbocycles. The second kappa shape index (κ2) is 6.96. The van der Waals surface area contributed by atoms with E-state index < -0.39 is 11.6 Å². The van der Waals surface area contributed by atoms with Gasteiger partial charge in [0.2, 0.25) is 0 Å². The third kappa shape index (κ3) is 3.99. The van der Waals surface area contributed by atoms with Crippen LogP contribution in [-0.4, -0.2) is 11.5 Å². The SMILES string of the molecule is CCNCc1cccc(COc2ccc(F)cc2F)n1. The van der Waals surface area contributed by atoms with Crippen molar-refractivity contribution < 1.29 is 13.5 Å². The number of halogens is 2. The molecule has 106 valence electrons. The molecule has 0 atom stereocenters. The third-order valence-electron chi connectivity index (χ3n) is 2.69. The average molecular weight is 278 g/mol. The molecule has 0 unspecified atom stereocenters. The molecule has 2 rings (SSSR count). The van der Waals surface area contributed by atoms with Crippen molar-refractivity contribution in [2.45, 2.75) is 20.1 Å². The maximum atomic E-state index is 13.4. The first-order valence-electron chi connectivity index (χ1n) is 6.42. The molecule has 0 aliphatic rings. The summed E-state index contributed by atoms with van der Waals surface area (Å²) in [4.78, 5) is 4.39. The Bertz CT molecular complexity index is 576. The van der Waals surface area contributed by atoms with Crippen molar-refractivity contribution >= 4 is 0 Å². The topological polar surface area (TPSA) is 34.1 Å². The van der Waals surface area contributed by atoms with Crippen LogP contribution in [0, 0.1) is 11.6 Å². The van der Waals surface area contributed by atoms with Crippen molar-refractivity contribution in [3.8, 4) is 5.75 Å². The fourth-order valence-corrected chi connectivity index (χ4v) is 1.71. The van der Waals surface area contributed by atoms with E-state index in [1.165, 1.54) is 6.07 Å². The van der Waals surface area contributed by atoms with Crippen LogP contribution in [0.25, 0.3) is 0 Å².